The van der Waals surface area contributed by atoms with E-state index in [1.165, 1.54) is 24.5 Å². The van der Waals surface area contributed by atoms with Crippen molar-refractivity contribution in [2.24, 2.45) is 14.1 Å². The lowest BCUT2D eigenvalue weighted by Gasteiger charge is -2.26. The molecule has 2 heterocycles. The highest BCUT2D eigenvalue weighted by Gasteiger charge is 2.26. The van der Waals surface area contributed by atoms with E-state index in [-0.39, 0.29) is 11.2 Å². The van der Waals surface area contributed by atoms with E-state index in [4.69, 9.17) is 9.72 Å². The van der Waals surface area contributed by atoms with Crippen molar-refractivity contribution in [2.75, 3.05) is 19.1 Å². The van der Waals surface area contributed by atoms with Gasteiger partial charge in [0.2, 0.25) is 5.95 Å². The van der Waals surface area contributed by atoms with Crippen LogP contribution in [0.25, 0.3) is 11.2 Å². The number of aromatic nitrogens is 4. The van der Waals surface area contributed by atoms with Crippen molar-refractivity contribution >= 4 is 17.1 Å². The largest absolute Gasteiger partial charge is 0.497 e. The first-order chi connectivity index (χ1) is 13.9. The zero-order valence-electron chi connectivity index (χ0n) is 17.4. The molecule has 3 aromatic rings. The second-order valence-electron chi connectivity index (χ2n) is 7.77. The van der Waals surface area contributed by atoms with E-state index in [1.54, 1.807) is 14.2 Å². The lowest BCUT2D eigenvalue weighted by molar-refractivity contribution is 0.414. The molecule has 0 atom stereocenters. The second-order valence-corrected chi connectivity index (χ2v) is 7.77. The Morgan fingerprint density at radius 3 is 2.38 bits per heavy atom. The van der Waals surface area contributed by atoms with Gasteiger partial charge in [-0.05, 0) is 30.5 Å². The van der Waals surface area contributed by atoms with Gasteiger partial charge in [-0.2, -0.15) is 4.98 Å². The molecule has 0 unspecified atom stereocenters. The van der Waals surface area contributed by atoms with Crippen LogP contribution in [0.5, 0.6) is 5.75 Å². The van der Waals surface area contributed by atoms with E-state index in [2.05, 4.69) is 4.90 Å². The predicted octanol–water partition coefficient (Wildman–Crippen LogP) is 1.87. The zero-order valence-corrected chi connectivity index (χ0v) is 17.4. The Kier molecular flexibility index (Phi) is 4.94. The molecule has 8 heteroatoms. The molecule has 29 heavy (non-hydrogen) atoms. The number of rotatable bonds is 5. The normalized spacial score (nSPS) is 14.6. The molecule has 0 aliphatic heterocycles. The third kappa shape index (κ3) is 3.22. The molecule has 154 valence electrons. The van der Waals surface area contributed by atoms with Crippen molar-refractivity contribution in [3.05, 3.63) is 50.7 Å². The summed E-state index contributed by atoms with van der Waals surface area (Å²) in [6.07, 6.45) is 4.63. The average molecular weight is 397 g/mol. The zero-order chi connectivity index (χ0) is 20.7. The minimum Gasteiger partial charge on any atom is -0.497 e. The van der Waals surface area contributed by atoms with Crippen molar-refractivity contribution in [2.45, 2.75) is 38.3 Å². The maximum atomic E-state index is 13.0. The summed E-state index contributed by atoms with van der Waals surface area (Å²) >= 11 is 0. The molecule has 2 aromatic heterocycles. The molecule has 1 aliphatic rings. The van der Waals surface area contributed by atoms with Crippen LogP contribution in [-0.2, 0) is 20.6 Å². The van der Waals surface area contributed by atoms with E-state index in [9.17, 15) is 9.59 Å². The Balaban J connectivity index is 1.91. The van der Waals surface area contributed by atoms with Gasteiger partial charge in [0.1, 0.15) is 5.75 Å². The van der Waals surface area contributed by atoms with Gasteiger partial charge in [-0.3, -0.25) is 18.5 Å². The number of methoxy groups -OCH3 is 1. The number of fused-ring (bicyclic) bond motifs is 1. The molecular weight excluding hydrogens is 370 g/mol. The third-order valence-electron chi connectivity index (χ3n) is 6.02. The quantitative estimate of drug-likeness (QED) is 0.657. The van der Waals surface area contributed by atoms with Crippen molar-refractivity contribution in [1.82, 2.24) is 18.7 Å². The van der Waals surface area contributed by atoms with Gasteiger partial charge >= 0.3 is 5.69 Å². The molecule has 8 nitrogen and oxygen atoms in total. The summed E-state index contributed by atoms with van der Waals surface area (Å²) in [5.41, 5.74) is 1.21. The first-order valence-electron chi connectivity index (χ1n) is 9.94. The van der Waals surface area contributed by atoms with E-state index >= 15 is 0 Å². The molecule has 1 aromatic carbocycles. The Bertz CT molecular complexity index is 1150. The van der Waals surface area contributed by atoms with Crippen molar-refractivity contribution < 1.29 is 4.74 Å². The summed E-state index contributed by atoms with van der Waals surface area (Å²) in [7, 11) is 6.84. The maximum Gasteiger partial charge on any atom is 0.332 e. The molecule has 0 spiro atoms. The van der Waals surface area contributed by atoms with Crippen LogP contribution in [0.4, 0.5) is 5.95 Å². The molecule has 0 bridgehead atoms. The van der Waals surface area contributed by atoms with Gasteiger partial charge in [0, 0.05) is 27.2 Å². The molecule has 1 aliphatic carbocycles. The number of hydrogen-bond donors (Lipinski definition) is 0. The fraction of sp³-hybridized carbons (Fsp3) is 0.476. The first-order valence-corrected chi connectivity index (χ1v) is 9.94. The lowest BCUT2D eigenvalue weighted by Crippen LogP contribution is -2.37. The summed E-state index contributed by atoms with van der Waals surface area (Å²) in [5.74, 6) is 1.51. The van der Waals surface area contributed by atoms with Crippen molar-refractivity contribution in [3.63, 3.8) is 0 Å². The summed E-state index contributed by atoms with van der Waals surface area (Å²) in [4.78, 5) is 32.4. The number of benzene rings is 1. The van der Waals surface area contributed by atoms with E-state index < -0.39 is 0 Å². The van der Waals surface area contributed by atoms with Crippen LogP contribution in [-0.4, -0.2) is 38.9 Å². The maximum absolute atomic E-state index is 13.0. The van der Waals surface area contributed by atoms with Crippen molar-refractivity contribution in [3.8, 4) is 5.75 Å². The Hall–Kier alpha value is -3.03. The van der Waals surface area contributed by atoms with Gasteiger partial charge in [0.25, 0.3) is 5.56 Å². The van der Waals surface area contributed by atoms with Crippen LogP contribution >= 0.6 is 0 Å². The topological polar surface area (TPSA) is 74.3 Å². The average Bonchev–Trinajstić information content (AvgIpc) is 3.39. The molecule has 0 radical (unpaired) electrons. The number of ether oxygens (including phenoxy) is 1. The number of nitrogens with zero attached hydrogens (tertiary/aromatic N) is 5. The molecule has 1 fully saturated rings. The highest BCUT2D eigenvalue weighted by molar-refractivity contribution is 5.74. The number of hydrogen-bond acceptors (Lipinski definition) is 5. The summed E-state index contributed by atoms with van der Waals surface area (Å²) < 4.78 is 9.79. The summed E-state index contributed by atoms with van der Waals surface area (Å²) in [5, 5.41) is 0. The van der Waals surface area contributed by atoms with Crippen LogP contribution in [0, 0.1) is 0 Å². The summed E-state index contributed by atoms with van der Waals surface area (Å²) in [6.45, 7) is 0.486. The molecule has 1 saturated carbocycles. The standard InChI is InChI=1S/C21H27N5O3/c1-23(15-7-5-6-8-15)20-22-18-17(19(27)25(3)21(28)24(18)2)26(20)13-14-9-11-16(29-4)12-10-14/h9-12,15H,5-8,13H2,1-4H3. The Labute approximate surface area is 169 Å². The molecule has 0 saturated heterocycles. The highest BCUT2D eigenvalue weighted by Crippen LogP contribution is 2.29. The summed E-state index contributed by atoms with van der Waals surface area (Å²) in [6, 6.07) is 8.17. The predicted molar refractivity (Wildman–Crippen MR) is 113 cm³/mol. The van der Waals surface area contributed by atoms with E-state index in [0.29, 0.717) is 23.8 Å². The molecule has 0 amide bonds. The van der Waals surface area contributed by atoms with Crippen molar-refractivity contribution in [1.29, 1.82) is 0 Å². The van der Waals surface area contributed by atoms with Crippen LogP contribution in [0.3, 0.4) is 0 Å². The van der Waals surface area contributed by atoms with Gasteiger partial charge in [-0.1, -0.05) is 25.0 Å². The Morgan fingerprint density at radius 2 is 1.76 bits per heavy atom. The molecule has 4 rings (SSSR count). The first kappa shape index (κ1) is 19.3. The van der Waals surface area contributed by atoms with E-state index in [0.717, 1.165) is 34.7 Å². The number of aryl methyl sites for hydroxylation is 1. The van der Waals surface area contributed by atoms with Gasteiger partial charge < -0.3 is 9.64 Å². The van der Waals surface area contributed by atoms with Gasteiger partial charge in [-0.15, -0.1) is 0 Å². The minimum atomic E-state index is -0.369. The third-order valence-corrected chi connectivity index (χ3v) is 6.02. The van der Waals surface area contributed by atoms with Crippen LogP contribution < -0.4 is 20.9 Å². The number of imidazole rings is 1. The fourth-order valence-corrected chi connectivity index (χ4v) is 4.22. The molecular formula is C21H27N5O3. The monoisotopic (exact) mass is 397 g/mol. The van der Waals surface area contributed by atoms with Crippen LogP contribution in [0.2, 0.25) is 0 Å². The van der Waals surface area contributed by atoms with Gasteiger partial charge in [0.15, 0.2) is 11.2 Å². The minimum absolute atomic E-state index is 0.324. The van der Waals surface area contributed by atoms with E-state index in [1.807, 2.05) is 35.9 Å². The van der Waals surface area contributed by atoms with Crippen LogP contribution in [0.15, 0.2) is 33.9 Å². The van der Waals surface area contributed by atoms with Crippen LogP contribution in [0.1, 0.15) is 31.2 Å². The fourth-order valence-electron chi connectivity index (χ4n) is 4.22. The SMILES string of the molecule is COc1ccc(Cn2c(N(C)C3CCCC3)nc3c2c(=O)n(C)c(=O)n3C)cc1. The van der Waals surface area contributed by atoms with Gasteiger partial charge in [0.05, 0.1) is 13.7 Å². The number of anilines is 1. The lowest BCUT2D eigenvalue weighted by atomic mass is 10.2. The second kappa shape index (κ2) is 7.42. The molecule has 0 N–H and O–H groups in total. The smallest absolute Gasteiger partial charge is 0.332 e. The highest BCUT2D eigenvalue weighted by atomic mass is 16.5. The van der Waals surface area contributed by atoms with Gasteiger partial charge in [-0.25, -0.2) is 4.79 Å². The Morgan fingerprint density at radius 1 is 1.10 bits per heavy atom.